The zero-order valence-corrected chi connectivity index (χ0v) is 8.20. The molecule has 2 nitrogen and oxygen atoms in total. The van der Waals surface area contributed by atoms with Crippen molar-refractivity contribution in [1.29, 1.82) is 5.26 Å². The van der Waals surface area contributed by atoms with Crippen molar-refractivity contribution >= 4 is 0 Å². The van der Waals surface area contributed by atoms with E-state index in [-0.39, 0.29) is 6.10 Å². The normalized spacial score (nSPS) is 25.2. The Balaban J connectivity index is 2.45. The largest absolute Gasteiger partial charge is 0.388 e. The van der Waals surface area contributed by atoms with Crippen molar-refractivity contribution in [2.24, 2.45) is 5.92 Å². The smallest absolute Gasteiger partial charge is 0.0991 e. The fraction of sp³-hybridized carbons (Fsp3) is 0.417. The summed E-state index contributed by atoms with van der Waals surface area (Å²) in [6, 6.07) is 7.68. The van der Waals surface area contributed by atoms with Crippen LogP contribution in [0.3, 0.4) is 0 Å². The predicted molar refractivity (Wildman–Crippen MR) is 53.6 cm³/mol. The van der Waals surface area contributed by atoms with E-state index in [4.69, 9.17) is 5.26 Å². The number of hydrogen-bond donors (Lipinski definition) is 1. The third-order valence-electron chi connectivity index (χ3n) is 3.00. The van der Waals surface area contributed by atoms with Crippen LogP contribution in [-0.4, -0.2) is 5.11 Å². The Bertz CT molecular complexity index is 392. The maximum atomic E-state index is 9.91. The molecule has 2 atom stereocenters. The first-order valence-electron chi connectivity index (χ1n) is 4.93. The van der Waals surface area contributed by atoms with E-state index in [1.165, 1.54) is 0 Å². The molecule has 2 heteroatoms. The molecule has 72 valence electrons. The number of benzene rings is 1. The molecule has 0 saturated carbocycles. The summed E-state index contributed by atoms with van der Waals surface area (Å²) >= 11 is 0. The van der Waals surface area contributed by atoms with Gasteiger partial charge >= 0.3 is 0 Å². The molecule has 0 radical (unpaired) electrons. The maximum Gasteiger partial charge on any atom is 0.0991 e. The van der Waals surface area contributed by atoms with Gasteiger partial charge in [-0.1, -0.05) is 13.0 Å². The summed E-state index contributed by atoms with van der Waals surface area (Å²) in [5, 5.41) is 18.7. The number of fused-ring (bicyclic) bond motifs is 1. The molecular weight excluding hydrogens is 174 g/mol. The van der Waals surface area contributed by atoms with E-state index in [1.807, 2.05) is 12.1 Å². The second kappa shape index (κ2) is 3.43. The zero-order valence-electron chi connectivity index (χ0n) is 8.20. The fourth-order valence-electron chi connectivity index (χ4n) is 2.03. The highest BCUT2D eigenvalue weighted by molar-refractivity contribution is 5.40. The molecule has 0 spiro atoms. The summed E-state index contributed by atoms with van der Waals surface area (Å²) in [5.74, 6) is 0.329. The minimum atomic E-state index is -0.355. The number of nitrogens with zero attached hydrogens (tertiary/aromatic N) is 1. The van der Waals surface area contributed by atoms with Crippen molar-refractivity contribution in [3.05, 3.63) is 34.9 Å². The summed E-state index contributed by atoms with van der Waals surface area (Å²) in [7, 11) is 0. The van der Waals surface area contributed by atoms with Gasteiger partial charge in [-0.25, -0.2) is 0 Å². The van der Waals surface area contributed by atoms with Crippen molar-refractivity contribution in [3.63, 3.8) is 0 Å². The molecule has 2 rings (SSSR count). The number of hydrogen-bond acceptors (Lipinski definition) is 2. The van der Waals surface area contributed by atoms with Gasteiger partial charge in [0.1, 0.15) is 0 Å². The van der Waals surface area contributed by atoms with Crippen molar-refractivity contribution in [2.75, 3.05) is 0 Å². The molecule has 2 unspecified atom stereocenters. The van der Waals surface area contributed by atoms with Gasteiger partial charge in [-0.05, 0) is 42.0 Å². The van der Waals surface area contributed by atoms with Crippen LogP contribution in [0, 0.1) is 17.2 Å². The quantitative estimate of drug-likeness (QED) is 0.676. The van der Waals surface area contributed by atoms with Crippen LogP contribution in [0.1, 0.15) is 36.1 Å². The monoisotopic (exact) mass is 187 g/mol. The molecular formula is C12H13NO. The molecule has 1 aromatic rings. The van der Waals surface area contributed by atoms with E-state index in [2.05, 4.69) is 13.0 Å². The molecule has 1 aliphatic carbocycles. The number of nitriles is 1. The Kier molecular flexibility index (Phi) is 2.26. The topological polar surface area (TPSA) is 44.0 Å². The second-order valence-electron chi connectivity index (χ2n) is 3.99. The average molecular weight is 187 g/mol. The lowest BCUT2D eigenvalue weighted by atomic mass is 9.82. The highest BCUT2D eigenvalue weighted by Crippen LogP contribution is 2.34. The number of aliphatic hydroxyl groups excluding tert-OH is 1. The molecule has 0 saturated heterocycles. The lowest BCUT2D eigenvalue weighted by Crippen LogP contribution is -2.17. The third kappa shape index (κ3) is 1.40. The SMILES string of the molecule is CC1CCc2cc(C#N)ccc2C1O. The van der Waals surface area contributed by atoms with Crippen LogP contribution in [0.15, 0.2) is 18.2 Å². The predicted octanol–water partition coefficient (Wildman–Crippen LogP) is 2.17. The molecule has 1 aromatic carbocycles. The number of aryl methyl sites for hydroxylation is 1. The molecule has 14 heavy (non-hydrogen) atoms. The standard InChI is InChI=1S/C12H13NO/c1-8-2-4-10-6-9(7-13)3-5-11(10)12(8)14/h3,5-6,8,12,14H,2,4H2,1H3. The Morgan fingerprint density at radius 3 is 3.00 bits per heavy atom. The first-order chi connectivity index (χ1) is 6.72. The highest BCUT2D eigenvalue weighted by atomic mass is 16.3. The fourth-order valence-corrected chi connectivity index (χ4v) is 2.03. The first-order valence-corrected chi connectivity index (χ1v) is 4.93. The average Bonchev–Trinajstić information content (AvgIpc) is 2.23. The minimum Gasteiger partial charge on any atom is -0.388 e. The number of aliphatic hydroxyl groups is 1. The van der Waals surface area contributed by atoms with Crippen LogP contribution in [-0.2, 0) is 6.42 Å². The summed E-state index contributed by atoms with van der Waals surface area (Å²) < 4.78 is 0. The highest BCUT2D eigenvalue weighted by Gasteiger charge is 2.24. The summed E-state index contributed by atoms with van der Waals surface area (Å²) in [4.78, 5) is 0. The minimum absolute atomic E-state index is 0.329. The molecule has 1 N–H and O–H groups in total. The van der Waals surface area contributed by atoms with Crippen LogP contribution in [0.2, 0.25) is 0 Å². The van der Waals surface area contributed by atoms with Gasteiger partial charge in [0.2, 0.25) is 0 Å². The van der Waals surface area contributed by atoms with E-state index < -0.39 is 0 Å². The van der Waals surface area contributed by atoms with Crippen molar-refractivity contribution in [3.8, 4) is 6.07 Å². The van der Waals surface area contributed by atoms with E-state index in [1.54, 1.807) is 6.07 Å². The molecule has 0 amide bonds. The summed E-state index contributed by atoms with van der Waals surface area (Å²) in [5.41, 5.74) is 2.82. The summed E-state index contributed by atoms with van der Waals surface area (Å²) in [6.07, 6.45) is 1.62. The molecule has 0 bridgehead atoms. The Hall–Kier alpha value is -1.33. The second-order valence-corrected chi connectivity index (χ2v) is 3.99. The lowest BCUT2D eigenvalue weighted by Gasteiger charge is -2.27. The number of rotatable bonds is 0. The van der Waals surface area contributed by atoms with Gasteiger partial charge in [-0.2, -0.15) is 5.26 Å². The third-order valence-corrected chi connectivity index (χ3v) is 3.00. The van der Waals surface area contributed by atoms with Gasteiger partial charge in [0, 0.05) is 0 Å². The van der Waals surface area contributed by atoms with Crippen LogP contribution >= 0.6 is 0 Å². The zero-order chi connectivity index (χ0) is 10.1. The Morgan fingerprint density at radius 1 is 1.50 bits per heavy atom. The Labute approximate surface area is 83.8 Å². The maximum absolute atomic E-state index is 9.91. The Morgan fingerprint density at radius 2 is 2.29 bits per heavy atom. The van der Waals surface area contributed by atoms with Gasteiger partial charge in [-0.3, -0.25) is 0 Å². The lowest BCUT2D eigenvalue weighted by molar-refractivity contribution is 0.104. The molecule has 0 fully saturated rings. The first kappa shape index (κ1) is 9.23. The van der Waals surface area contributed by atoms with E-state index in [0.29, 0.717) is 11.5 Å². The molecule has 0 heterocycles. The van der Waals surface area contributed by atoms with Crippen molar-refractivity contribution < 1.29 is 5.11 Å². The van der Waals surface area contributed by atoms with E-state index in [9.17, 15) is 5.11 Å². The molecule has 1 aliphatic rings. The van der Waals surface area contributed by atoms with E-state index >= 15 is 0 Å². The van der Waals surface area contributed by atoms with Gasteiger partial charge in [0.25, 0.3) is 0 Å². The molecule has 0 aliphatic heterocycles. The van der Waals surface area contributed by atoms with Crippen LogP contribution in [0.4, 0.5) is 0 Å². The van der Waals surface area contributed by atoms with Crippen LogP contribution in [0.5, 0.6) is 0 Å². The van der Waals surface area contributed by atoms with Crippen molar-refractivity contribution in [2.45, 2.75) is 25.9 Å². The van der Waals surface area contributed by atoms with Crippen LogP contribution in [0.25, 0.3) is 0 Å². The molecule has 0 aromatic heterocycles. The van der Waals surface area contributed by atoms with Gasteiger partial charge < -0.3 is 5.11 Å². The van der Waals surface area contributed by atoms with Gasteiger partial charge in [0.15, 0.2) is 0 Å². The van der Waals surface area contributed by atoms with Gasteiger partial charge in [0.05, 0.1) is 17.7 Å². The van der Waals surface area contributed by atoms with Crippen LogP contribution < -0.4 is 0 Å². The summed E-state index contributed by atoms with van der Waals surface area (Å²) in [6.45, 7) is 2.06. The van der Waals surface area contributed by atoms with Gasteiger partial charge in [-0.15, -0.1) is 0 Å². The van der Waals surface area contributed by atoms with Crippen molar-refractivity contribution in [1.82, 2.24) is 0 Å². The van der Waals surface area contributed by atoms with E-state index in [0.717, 1.165) is 24.0 Å².